The Balaban J connectivity index is 2.43. The van der Waals surface area contributed by atoms with Gasteiger partial charge in [0.1, 0.15) is 22.4 Å². The van der Waals surface area contributed by atoms with Gasteiger partial charge in [0.2, 0.25) is 11.6 Å². The number of nitrogens with zero attached hydrogens (tertiary/aromatic N) is 2. The monoisotopic (exact) mass is 355 g/mol. The van der Waals surface area contributed by atoms with E-state index in [1.54, 1.807) is 12.1 Å². The number of anilines is 1. The summed E-state index contributed by atoms with van der Waals surface area (Å²) in [6, 6.07) is 3.32. The molecule has 0 saturated carbocycles. The molecule has 2 aromatic rings. The van der Waals surface area contributed by atoms with E-state index in [9.17, 15) is 0 Å². The fraction of sp³-hybridized carbons (Fsp3) is 0.231. The van der Waals surface area contributed by atoms with Crippen LogP contribution in [0.1, 0.15) is 0 Å². The average Bonchev–Trinajstić information content (AvgIpc) is 2.50. The molecule has 2 rings (SSSR count). The molecule has 2 N–H and O–H groups in total. The first kappa shape index (κ1) is 15.2. The van der Waals surface area contributed by atoms with Gasteiger partial charge in [-0.25, -0.2) is 9.97 Å². The van der Waals surface area contributed by atoms with E-state index < -0.39 is 0 Å². The van der Waals surface area contributed by atoms with E-state index in [2.05, 4.69) is 25.9 Å². The summed E-state index contributed by atoms with van der Waals surface area (Å²) < 4.78 is 21.9. The zero-order chi connectivity index (χ0) is 15.4. The van der Waals surface area contributed by atoms with Crippen LogP contribution in [-0.4, -0.2) is 31.3 Å². The minimum absolute atomic E-state index is 0.285. The van der Waals surface area contributed by atoms with Crippen LogP contribution in [0.15, 0.2) is 22.9 Å². The normalized spacial score (nSPS) is 10.1. The van der Waals surface area contributed by atoms with Crippen molar-refractivity contribution in [3.63, 3.8) is 0 Å². The van der Waals surface area contributed by atoms with E-state index in [-0.39, 0.29) is 11.7 Å². The van der Waals surface area contributed by atoms with Gasteiger partial charge in [-0.1, -0.05) is 0 Å². The topological polar surface area (TPSA) is 88.7 Å². The van der Waals surface area contributed by atoms with Crippen molar-refractivity contribution < 1.29 is 18.9 Å². The summed E-state index contributed by atoms with van der Waals surface area (Å²) >= 11 is 3.27. The van der Waals surface area contributed by atoms with Crippen LogP contribution in [0.3, 0.4) is 0 Å². The summed E-state index contributed by atoms with van der Waals surface area (Å²) in [6.45, 7) is 0. The van der Waals surface area contributed by atoms with Crippen molar-refractivity contribution in [1.82, 2.24) is 9.97 Å². The van der Waals surface area contributed by atoms with E-state index in [4.69, 9.17) is 24.7 Å². The number of aromatic nitrogens is 2. The first-order valence-electron chi connectivity index (χ1n) is 5.84. The number of ether oxygens (including phenoxy) is 4. The fourth-order valence-corrected chi connectivity index (χ4v) is 1.95. The Morgan fingerprint density at radius 3 is 2.14 bits per heavy atom. The number of rotatable bonds is 5. The number of methoxy groups -OCH3 is 3. The number of halogens is 1. The van der Waals surface area contributed by atoms with Gasteiger partial charge >= 0.3 is 0 Å². The van der Waals surface area contributed by atoms with Crippen molar-refractivity contribution >= 4 is 21.7 Å². The zero-order valence-electron chi connectivity index (χ0n) is 11.7. The highest BCUT2D eigenvalue weighted by Crippen LogP contribution is 2.42. The first-order chi connectivity index (χ1) is 10.1. The maximum absolute atomic E-state index is 5.68. The summed E-state index contributed by atoms with van der Waals surface area (Å²) in [6.07, 6.45) is 1.31. The molecule has 0 spiro atoms. The second kappa shape index (κ2) is 6.49. The Kier molecular flexibility index (Phi) is 4.69. The van der Waals surface area contributed by atoms with Crippen molar-refractivity contribution in [2.45, 2.75) is 0 Å². The van der Waals surface area contributed by atoms with Crippen LogP contribution in [0.4, 0.5) is 5.82 Å². The van der Waals surface area contributed by atoms with Gasteiger partial charge in [0.25, 0.3) is 0 Å². The van der Waals surface area contributed by atoms with Crippen LogP contribution < -0.4 is 24.7 Å². The molecule has 7 nitrogen and oxygen atoms in total. The molecule has 0 saturated heterocycles. The third kappa shape index (κ3) is 3.10. The molecule has 0 amide bonds. The highest BCUT2D eigenvalue weighted by atomic mass is 79.9. The van der Waals surface area contributed by atoms with Gasteiger partial charge in [-0.05, 0) is 15.9 Å². The van der Waals surface area contributed by atoms with Crippen LogP contribution >= 0.6 is 15.9 Å². The second-order valence-corrected chi connectivity index (χ2v) is 4.63. The lowest BCUT2D eigenvalue weighted by molar-refractivity contribution is 0.320. The van der Waals surface area contributed by atoms with E-state index >= 15 is 0 Å². The molecule has 0 atom stereocenters. The SMILES string of the molecule is COc1cc(Oc2ncnc(N)c2Br)cc(OC)c1OC. The van der Waals surface area contributed by atoms with Crippen LogP contribution in [0.5, 0.6) is 28.9 Å². The van der Waals surface area contributed by atoms with Crippen LogP contribution in [0, 0.1) is 0 Å². The lowest BCUT2D eigenvalue weighted by atomic mass is 10.2. The molecule has 0 fully saturated rings. The molecular weight excluding hydrogens is 342 g/mol. The van der Waals surface area contributed by atoms with Gasteiger partial charge < -0.3 is 24.7 Å². The molecule has 1 heterocycles. The Morgan fingerprint density at radius 1 is 1.00 bits per heavy atom. The van der Waals surface area contributed by atoms with Gasteiger partial charge in [0.15, 0.2) is 11.5 Å². The summed E-state index contributed by atoms with van der Waals surface area (Å²) in [5, 5.41) is 0. The number of hydrogen-bond acceptors (Lipinski definition) is 7. The largest absolute Gasteiger partial charge is 0.493 e. The van der Waals surface area contributed by atoms with Crippen LogP contribution in [0.2, 0.25) is 0 Å². The van der Waals surface area contributed by atoms with Gasteiger partial charge in [0, 0.05) is 12.1 Å². The fourth-order valence-electron chi connectivity index (χ4n) is 1.67. The Labute approximate surface area is 130 Å². The lowest BCUT2D eigenvalue weighted by Crippen LogP contribution is -1.99. The van der Waals surface area contributed by atoms with Crippen molar-refractivity contribution in [1.29, 1.82) is 0 Å². The molecule has 0 aliphatic carbocycles. The first-order valence-corrected chi connectivity index (χ1v) is 6.63. The molecule has 21 heavy (non-hydrogen) atoms. The number of nitrogens with two attached hydrogens (primary N) is 1. The predicted molar refractivity (Wildman–Crippen MR) is 80.3 cm³/mol. The molecule has 1 aromatic heterocycles. The van der Waals surface area contributed by atoms with E-state index in [1.165, 1.54) is 27.7 Å². The molecular formula is C13H14BrN3O4. The maximum Gasteiger partial charge on any atom is 0.238 e. The molecule has 0 unspecified atom stereocenters. The van der Waals surface area contributed by atoms with Gasteiger partial charge in [0.05, 0.1) is 21.3 Å². The summed E-state index contributed by atoms with van der Waals surface area (Å²) in [7, 11) is 4.59. The standard InChI is InChI=1S/C13H14BrN3O4/c1-18-8-4-7(5-9(19-2)11(8)20-3)21-13-10(14)12(15)16-6-17-13/h4-6H,1-3H3,(H2,15,16,17). The molecule has 0 aliphatic rings. The average molecular weight is 356 g/mol. The molecule has 0 aliphatic heterocycles. The van der Waals surface area contributed by atoms with Crippen molar-refractivity contribution in [2.24, 2.45) is 0 Å². The van der Waals surface area contributed by atoms with E-state index in [0.29, 0.717) is 27.5 Å². The number of benzene rings is 1. The smallest absolute Gasteiger partial charge is 0.238 e. The Morgan fingerprint density at radius 2 is 1.62 bits per heavy atom. The minimum Gasteiger partial charge on any atom is -0.493 e. The van der Waals surface area contributed by atoms with Crippen molar-refractivity contribution in [2.75, 3.05) is 27.1 Å². The molecule has 0 bridgehead atoms. The maximum atomic E-state index is 5.68. The third-order valence-corrected chi connectivity index (χ3v) is 3.38. The van der Waals surface area contributed by atoms with Crippen LogP contribution in [0.25, 0.3) is 0 Å². The van der Waals surface area contributed by atoms with Gasteiger partial charge in [-0.3, -0.25) is 0 Å². The lowest BCUT2D eigenvalue weighted by Gasteiger charge is -2.14. The number of nitrogen functional groups attached to an aromatic ring is 1. The molecule has 0 radical (unpaired) electrons. The van der Waals surface area contributed by atoms with E-state index in [0.717, 1.165) is 0 Å². The Bertz CT molecular complexity index is 626. The van der Waals surface area contributed by atoms with Gasteiger partial charge in [-0.15, -0.1) is 0 Å². The minimum atomic E-state index is 0.285. The predicted octanol–water partition coefficient (Wildman–Crippen LogP) is 2.64. The molecule has 8 heteroatoms. The quantitative estimate of drug-likeness (QED) is 0.881. The Hall–Kier alpha value is -2.22. The zero-order valence-corrected chi connectivity index (χ0v) is 13.3. The highest BCUT2D eigenvalue weighted by molar-refractivity contribution is 9.10. The molecule has 1 aromatic carbocycles. The van der Waals surface area contributed by atoms with Crippen molar-refractivity contribution in [3.8, 4) is 28.9 Å². The third-order valence-electron chi connectivity index (χ3n) is 2.64. The molecule has 112 valence electrons. The van der Waals surface area contributed by atoms with Gasteiger partial charge in [-0.2, -0.15) is 0 Å². The highest BCUT2D eigenvalue weighted by Gasteiger charge is 2.16. The summed E-state index contributed by atoms with van der Waals surface area (Å²) in [5.41, 5.74) is 5.68. The van der Waals surface area contributed by atoms with Crippen molar-refractivity contribution in [3.05, 3.63) is 22.9 Å². The van der Waals surface area contributed by atoms with E-state index in [1.807, 2.05) is 0 Å². The summed E-state index contributed by atoms with van der Waals surface area (Å²) in [4.78, 5) is 7.86. The summed E-state index contributed by atoms with van der Waals surface area (Å²) in [5.74, 6) is 2.47. The van der Waals surface area contributed by atoms with Crippen LogP contribution in [-0.2, 0) is 0 Å². The number of hydrogen-bond donors (Lipinski definition) is 1. The second-order valence-electron chi connectivity index (χ2n) is 3.84.